The van der Waals surface area contributed by atoms with Crippen molar-refractivity contribution in [1.82, 2.24) is 19.7 Å². The lowest BCUT2D eigenvalue weighted by Crippen LogP contribution is -2.10. The molecule has 0 saturated heterocycles. The number of aromatic nitrogens is 4. The lowest BCUT2D eigenvalue weighted by molar-refractivity contribution is -0.137. The SMILES string of the molecule is CC(=O)c1nn(CC(=O)O)c2ccc(-c3cnc(CC4CC4)nc3)cc12. The Morgan fingerprint density at radius 1 is 1.19 bits per heavy atom. The van der Waals surface area contributed by atoms with Crippen LogP contribution in [-0.2, 0) is 17.8 Å². The number of benzene rings is 1. The predicted molar refractivity (Wildman–Crippen MR) is 94.8 cm³/mol. The van der Waals surface area contributed by atoms with Crippen LogP contribution in [0.1, 0.15) is 36.1 Å². The molecule has 0 unspecified atom stereocenters. The topological polar surface area (TPSA) is 98.0 Å². The molecule has 3 aromatic rings. The number of aliphatic carboxylic acids is 1. The van der Waals surface area contributed by atoms with Crippen LogP contribution < -0.4 is 0 Å². The van der Waals surface area contributed by atoms with Crippen molar-refractivity contribution >= 4 is 22.7 Å². The Morgan fingerprint density at radius 3 is 2.54 bits per heavy atom. The van der Waals surface area contributed by atoms with E-state index in [1.807, 2.05) is 12.1 Å². The van der Waals surface area contributed by atoms with Crippen LogP contribution in [0.15, 0.2) is 30.6 Å². The molecule has 7 heteroatoms. The molecule has 0 aliphatic heterocycles. The minimum absolute atomic E-state index is 0.202. The quantitative estimate of drug-likeness (QED) is 0.687. The summed E-state index contributed by atoms with van der Waals surface area (Å²) in [6.07, 6.45) is 7.03. The zero-order valence-electron chi connectivity index (χ0n) is 14.3. The highest BCUT2D eigenvalue weighted by atomic mass is 16.4. The Morgan fingerprint density at radius 2 is 1.92 bits per heavy atom. The third kappa shape index (κ3) is 3.20. The van der Waals surface area contributed by atoms with Gasteiger partial charge in [0.05, 0.1) is 5.52 Å². The van der Waals surface area contributed by atoms with Gasteiger partial charge in [-0.05, 0) is 36.5 Å². The molecule has 1 fully saturated rings. The van der Waals surface area contributed by atoms with Crippen molar-refractivity contribution in [2.24, 2.45) is 5.92 Å². The van der Waals surface area contributed by atoms with Crippen molar-refractivity contribution in [2.75, 3.05) is 0 Å². The van der Waals surface area contributed by atoms with Crippen molar-refractivity contribution in [2.45, 2.75) is 32.7 Å². The van der Waals surface area contributed by atoms with E-state index in [1.165, 1.54) is 24.4 Å². The molecular formula is C19H18N4O3. The van der Waals surface area contributed by atoms with Crippen LogP contribution in [0.3, 0.4) is 0 Å². The highest BCUT2D eigenvalue weighted by Crippen LogP contribution is 2.32. The van der Waals surface area contributed by atoms with Gasteiger partial charge in [-0.15, -0.1) is 0 Å². The number of ketones is 1. The van der Waals surface area contributed by atoms with Gasteiger partial charge >= 0.3 is 5.97 Å². The molecule has 0 bridgehead atoms. The summed E-state index contributed by atoms with van der Waals surface area (Å²) in [4.78, 5) is 31.8. The lowest BCUT2D eigenvalue weighted by Gasteiger charge is -2.04. The Kier molecular flexibility index (Phi) is 3.99. The molecule has 0 atom stereocenters. The van der Waals surface area contributed by atoms with Gasteiger partial charge in [-0.25, -0.2) is 9.97 Å². The van der Waals surface area contributed by atoms with Crippen LogP contribution in [0, 0.1) is 5.92 Å². The van der Waals surface area contributed by atoms with E-state index in [-0.39, 0.29) is 18.0 Å². The van der Waals surface area contributed by atoms with E-state index >= 15 is 0 Å². The van der Waals surface area contributed by atoms with E-state index < -0.39 is 5.97 Å². The molecule has 26 heavy (non-hydrogen) atoms. The van der Waals surface area contributed by atoms with Crippen molar-refractivity contribution in [1.29, 1.82) is 0 Å². The second-order valence-corrected chi connectivity index (χ2v) is 6.72. The number of hydrogen-bond donors (Lipinski definition) is 1. The van der Waals surface area contributed by atoms with Gasteiger partial charge in [-0.3, -0.25) is 14.3 Å². The molecule has 1 aliphatic carbocycles. The standard InChI is InChI=1S/C19H18N4O3/c1-11(24)19-15-7-13(4-5-16(15)23(22-19)10-18(25)26)14-8-20-17(21-9-14)6-12-2-3-12/h4-5,7-9,12H,2-3,6,10H2,1H3,(H,25,26). The fourth-order valence-electron chi connectivity index (χ4n) is 3.06. The van der Waals surface area contributed by atoms with Gasteiger partial charge in [0.1, 0.15) is 18.1 Å². The normalized spacial score (nSPS) is 13.9. The maximum absolute atomic E-state index is 11.9. The van der Waals surface area contributed by atoms with Crippen molar-refractivity contribution < 1.29 is 14.7 Å². The third-order valence-electron chi connectivity index (χ3n) is 4.58. The summed E-state index contributed by atoms with van der Waals surface area (Å²) in [5, 5.41) is 13.8. The molecule has 1 saturated carbocycles. The first-order chi connectivity index (χ1) is 12.5. The van der Waals surface area contributed by atoms with Gasteiger partial charge in [0.2, 0.25) is 0 Å². The monoisotopic (exact) mass is 350 g/mol. The number of carbonyl (C=O) groups excluding carboxylic acids is 1. The van der Waals surface area contributed by atoms with E-state index in [9.17, 15) is 9.59 Å². The minimum Gasteiger partial charge on any atom is -0.480 e. The Hall–Kier alpha value is -3.09. The Bertz CT molecular complexity index is 1000. The molecule has 1 aliphatic rings. The summed E-state index contributed by atoms with van der Waals surface area (Å²) in [7, 11) is 0. The molecule has 1 N–H and O–H groups in total. The van der Waals surface area contributed by atoms with Gasteiger partial charge in [0.15, 0.2) is 5.78 Å². The molecule has 0 spiro atoms. The molecule has 2 aromatic heterocycles. The fraction of sp³-hybridized carbons (Fsp3) is 0.316. The number of nitrogens with zero attached hydrogens (tertiary/aromatic N) is 4. The summed E-state index contributed by atoms with van der Waals surface area (Å²) in [5.41, 5.74) is 2.61. The molecular weight excluding hydrogens is 332 g/mol. The summed E-state index contributed by atoms with van der Waals surface area (Å²) < 4.78 is 1.34. The van der Waals surface area contributed by atoms with Gasteiger partial charge in [0.25, 0.3) is 0 Å². The zero-order valence-corrected chi connectivity index (χ0v) is 14.3. The second-order valence-electron chi connectivity index (χ2n) is 6.72. The molecule has 1 aromatic carbocycles. The van der Waals surface area contributed by atoms with Crippen LogP contribution >= 0.6 is 0 Å². The first-order valence-corrected chi connectivity index (χ1v) is 8.56. The van der Waals surface area contributed by atoms with Crippen molar-refractivity contribution in [3.8, 4) is 11.1 Å². The molecule has 132 valence electrons. The number of carbonyl (C=O) groups is 2. The third-order valence-corrected chi connectivity index (χ3v) is 4.58. The van der Waals surface area contributed by atoms with Crippen LogP contribution in [0.5, 0.6) is 0 Å². The zero-order chi connectivity index (χ0) is 18.3. The maximum Gasteiger partial charge on any atom is 0.325 e. The first kappa shape index (κ1) is 16.4. The summed E-state index contributed by atoms with van der Waals surface area (Å²) >= 11 is 0. The molecule has 4 rings (SSSR count). The number of carboxylic acid groups (broad SMARTS) is 1. The molecule has 0 radical (unpaired) electrons. The molecule has 0 amide bonds. The predicted octanol–water partition coefficient (Wildman–Crippen LogP) is 2.73. The average Bonchev–Trinajstić information content (AvgIpc) is 3.35. The van der Waals surface area contributed by atoms with Crippen LogP contribution in [0.4, 0.5) is 0 Å². The average molecular weight is 350 g/mol. The lowest BCUT2D eigenvalue weighted by atomic mass is 10.0. The Labute approximate surface area is 149 Å². The van der Waals surface area contributed by atoms with E-state index in [0.29, 0.717) is 10.9 Å². The second kappa shape index (κ2) is 6.33. The number of fused-ring (bicyclic) bond motifs is 1. The fourth-order valence-corrected chi connectivity index (χ4v) is 3.06. The highest BCUT2D eigenvalue weighted by molar-refractivity contribution is 6.06. The van der Waals surface area contributed by atoms with E-state index in [2.05, 4.69) is 15.1 Å². The summed E-state index contributed by atoms with van der Waals surface area (Å²) in [6.45, 7) is 1.14. The Balaban J connectivity index is 1.72. The summed E-state index contributed by atoms with van der Waals surface area (Å²) in [5.74, 6) is 0.381. The van der Waals surface area contributed by atoms with Gasteiger partial charge in [0, 0.05) is 36.7 Å². The maximum atomic E-state index is 11.9. The van der Waals surface area contributed by atoms with Crippen LogP contribution in [0.2, 0.25) is 0 Å². The summed E-state index contributed by atoms with van der Waals surface area (Å²) in [6, 6.07) is 5.49. The molecule has 2 heterocycles. The van der Waals surface area contributed by atoms with Gasteiger partial charge < -0.3 is 5.11 Å². The van der Waals surface area contributed by atoms with Crippen LogP contribution in [0.25, 0.3) is 22.0 Å². The number of rotatable bonds is 6. The highest BCUT2D eigenvalue weighted by Gasteiger charge is 2.22. The number of carboxylic acids is 1. The van der Waals surface area contributed by atoms with Gasteiger partial charge in [-0.2, -0.15) is 5.10 Å². The van der Waals surface area contributed by atoms with E-state index in [0.717, 1.165) is 29.3 Å². The minimum atomic E-state index is -1.01. The largest absolute Gasteiger partial charge is 0.480 e. The van der Waals surface area contributed by atoms with Crippen molar-refractivity contribution in [3.05, 3.63) is 42.1 Å². The van der Waals surface area contributed by atoms with E-state index in [4.69, 9.17) is 5.11 Å². The van der Waals surface area contributed by atoms with Gasteiger partial charge in [-0.1, -0.05) is 6.07 Å². The first-order valence-electron chi connectivity index (χ1n) is 8.56. The number of Topliss-reactive ketones (excluding diaryl/α,β-unsaturated/α-hetero) is 1. The number of hydrogen-bond acceptors (Lipinski definition) is 5. The van der Waals surface area contributed by atoms with Crippen LogP contribution in [-0.4, -0.2) is 36.6 Å². The molecule has 7 nitrogen and oxygen atoms in total. The van der Waals surface area contributed by atoms with Crippen molar-refractivity contribution in [3.63, 3.8) is 0 Å². The van der Waals surface area contributed by atoms with E-state index in [1.54, 1.807) is 18.5 Å². The smallest absolute Gasteiger partial charge is 0.325 e.